The van der Waals surface area contributed by atoms with Crippen molar-refractivity contribution in [2.24, 2.45) is 5.92 Å². The lowest BCUT2D eigenvalue weighted by molar-refractivity contribution is 0.299. The van der Waals surface area contributed by atoms with Gasteiger partial charge in [-0.2, -0.15) is 0 Å². The molecule has 0 saturated carbocycles. The molecule has 3 heteroatoms. The summed E-state index contributed by atoms with van der Waals surface area (Å²) in [4.78, 5) is 7.57. The van der Waals surface area contributed by atoms with Gasteiger partial charge in [-0.1, -0.05) is 0 Å². The monoisotopic (exact) mass is 241 g/mol. The van der Waals surface area contributed by atoms with Gasteiger partial charge in [-0.25, -0.2) is 4.98 Å². The first kappa shape index (κ1) is 10.6. The van der Waals surface area contributed by atoms with Gasteiger partial charge in [-0.15, -0.1) is 0 Å². The molecule has 4 heterocycles. The molecule has 2 aromatic heterocycles. The van der Waals surface area contributed by atoms with Gasteiger partial charge in [0.15, 0.2) is 0 Å². The van der Waals surface area contributed by atoms with Crippen LogP contribution >= 0.6 is 0 Å². The summed E-state index contributed by atoms with van der Waals surface area (Å²) in [5, 5.41) is 5.03. The van der Waals surface area contributed by atoms with Gasteiger partial charge >= 0.3 is 0 Å². The van der Waals surface area contributed by atoms with Gasteiger partial charge in [-0.3, -0.25) is 0 Å². The molecule has 0 aromatic carbocycles. The Kier molecular flexibility index (Phi) is 2.40. The zero-order valence-electron chi connectivity index (χ0n) is 10.5. The van der Waals surface area contributed by atoms with Crippen molar-refractivity contribution in [2.75, 3.05) is 0 Å². The molecule has 0 aliphatic carbocycles. The number of hydrogen-bond acceptors (Lipinski definition) is 2. The molecule has 2 saturated heterocycles. The van der Waals surface area contributed by atoms with Crippen molar-refractivity contribution in [1.29, 1.82) is 0 Å². The minimum absolute atomic E-state index is 0.789. The normalized spacial score (nSPS) is 31.0. The van der Waals surface area contributed by atoms with Crippen molar-refractivity contribution < 1.29 is 0 Å². The zero-order chi connectivity index (χ0) is 11.9. The van der Waals surface area contributed by atoms with Gasteiger partial charge in [0.2, 0.25) is 0 Å². The van der Waals surface area contributed by atoms with Crippen LogP contribution in [-0.2, 0) is 6.42 Å². The molecule has 0 amide bonds. The maximum atomic E-state index is 4.37. The first-order valence-corrected chi connectivity index (χ1v) is 7.05. The Bertz CT molecular complexity index is 548. The fourth-order valence-electron chi connectivity index (χ4n) is 3.85. The Labute approximate surface area is 107 Å². The second-order valence-corrected chi connectivity index (χ2v) is 5.89. The number of aromatic nitrogens is 2. The van der Waals surface area contributed by atoms with Gasteiger partial charge < -0.3 is 10.3 Å². The van der Waals surface area contributed by atoms with Crippen molar-refractivity contribution >= 4 is 11.0 Å². The third kappa shape index (κ3) is 1.74. The lowest BCUT2D eigenvalue weighted by Gasteiger charge is -2.29. The van der Waals surface area contributed by atoms with Crippen molar-refractivity contribution in [3.05, 3.63) is 30.1 Å². The molecule has 18 heavy (non-hydrogen) atoms. The van der Waals surface area contributed by atoms with E-state index in [0.717, 1.165) is 23.6 Å². The lowest BCUT2D eigenvalue weighted by Crippen LogP contribution is -2.38. The van der Waals surface area contributed by atoms with Crippen LogP contribution in [0.5, 0.6) is 0 Å². The first-order chi connectivity index (χ1) is 8.88. The number of fused-ring (bicyclic) bond motifs is 3. The number of aromatic amines is 1. The number of piperidine rings is 1. The van der Waals surface area contributed by atoms with Crippen LogP contribution in [0.1, 0.15) is 31.2 Å². The Balaban J connectivity index is 1.59. The number of hydrogen-bond donors (Lipinski definition) is 2. The van der Waals surface area contributed by atoms with Crippen LogP contribution in [0.15, 0.2) is 24.5 Å². The maximum absolute atomic E-state index is 4.37. The van der Waals surface area contributed by atoms with E-state index in [2.05, 4.69) is 27.4 Å². The summed E-state index contributed by atoms with van der Waals surface area (Å²) in [7, 11) is 0. The predicted octanol–water partition coefficient (Wildman–Crippen LogP) is 2.64. The highest BCUT2D eigenvalue weighted by Gasteiger charge is 2.33. The topological polar surface area (TPSA) is 40.7 Å². The van der Waals surface area contributed by atoms with Crippen LogP contribution in [0.4, 0.5) is 0 Å². The van der Waals surface area contributed by atoms with Gasteiger partial charge in [0.1, 0.15) is 5.65 Å². The Morgan fingerprint density at radius 3 is 2.83 bits per heavy atom. The van der Waals surface area contributed by atoms with Crippen molar-refractivity contribution in [1.82, 2.24) is 15.3 Å². The molecule has 2 aliphatic rings. The van der Waals surface area contributed by atoms with Gasteiger partial charge in [0.05, 0.1) is 0 Å². The quantitative estimate of drug-likeness (QED) is 0.848. The molecule has 4 rings (SSSR count). The molecule has 2 aromatic rings. The molecule has 94 valence electrons. The summed E-state index contributed by atoms with van der Waals surface area (Å²) in [6, 6.07) is 5.93. The highest BCUT2D eigenvalue weighted by Crippen LogP contribution is 2.33. The Hall–Kier alpha value is -1.35. The molecular weight excluding hydrogens is 222 g/mol. The molecule has 3 atom stereocenters. The summed E-state index contributed by atoms with van der Waals surface area (Å²) < 4.78 is 0. The van der Waals surface area contributed by atoms with E-state index in [9.17, 15) is 0 Å². The predicted molar refractivity (Wildman–Crippen MR) is 72.5 cm³/mol. The van der Waals surface area contributed by atoms with Gasteiger partial charge in [-0.05, 0) is 55.7 Å². The molecule has 0 spiro atoms. The number of H-pyrrole nitrogens is 1. The summed E-state index contributed by atoms with van der Waals surface area (Å²) in [6.07, 6.45) is 10.6. The second kappa shape index (κ2) is 4.09. The van der Waals surface area contributed by atoms with Crippen LogP contribution in [0.2, 0.25) is 0 Å². The number of pyridine rings is 1. The van der Waals surface area contributed by atoms with E-state index < -0.39 is 0 Å². The summed E-state index contributed by atoms with van der Waals surface area (Å²) in [6.45, 7) is 0. The smallest absolute Gasteiger partial charge is 0.137 e. The maximum Gasteiger partial charge on any atom is 0.137 e. The molecule has 2 fully saturated rings. The third-order valence-electron chi connectivity index (χ3n) is 4.63. The van der Waals surface area contributed by atoms with Crippen LogP contribution in [-0.4, -0.2) is 22.1 Å². The van der Waals surface area contributed by atoms with Crippen molar-refractivity contribution in [2.45, 2.75) is 44.2 Å². The minimum Gasteiger partial charge on any atom is -0.346 e. The lowest BCUT2D eigenvalue weighted by atomic mass is 9.86. The molecule has 3 nitrogen and oxygen atoms in total. The molecule has 2 N–H and O–H groups in total. The van der Waals surface area contributed by atoms with Gasteiger partial charge in [0.25, 0.3) is 0 Å². The largest absolute Gasteiger partial charge is 0.346 e. The second-order valence-electron chi connectivity index (χ2n) is 5.89. The molecule has 0 radical (unpaired) electrons. The molecule has 2 aliphatic heterocycles. The number of rotatable bonds is 2. The van der Waals surface area contributed by atoms with E-state index in [1.807, 2.05) is 12.4 Å². The average molecular weight is 241 g/mol. The SMILES string of the molecule is c1cc(CC2C[C@H]3CC[C@@H](C2)N3)c2cc[nH]c2n1. The Morgan fingerprint density at radius 2 is 2.00 bits per heavy atom. The fraction of sp³-hybridized carbons (Fsp3) is 0.533. The van der Waals surface area contributed by atoms with E-state index in [-0.39, 0.29) is 0 Å². The Morgan fingerprint density at radius 1 is 1.17 bits per heavy atom. The third-order valence-corrected chi connectivity index (χ3v) is 4.63. The number of nitrogens with one attached hydrogen (secondary N) is 2. The minimum atomic E-state index is 0.789. The van der Waals surface area contributed by atoms with Crippen LogP contribution in [0.25, 0.3) is 11.0 Å². The van der Waals surface area contributed by atoms with E-state index in [4.69, 9.17) is 0 Å². The van der Waals surface area contributed by atoms with Crippen LogP contribution < -0.4 is 5.32 Å². The molecule has 1 unspecified atom stereocenters. The summed E-state index contributed by atoms with van der Waals surface area (Å²) in [5.74, 6) is 0.851. The fourth-order valence-corrected chi connectivity index (χ4v) is 3.85. The van der Waals surface area contributed by atoms with Crippen LogP contribution in [0.3, 0.4) is 0 Å². The highest BCUT2D eigenvalue weighted by molar-refractivity contribution is 5.79. The van der Waals surface area contributed by atoms with Crippen LogP contribution in [0, 0.1) is 5.92 Å². The number of nitrogens with zero attached hydrogens (tertiary/aromatic N) is 1. The van der Waals surface area contributed by atoms with E-state index >= 15 is 0 Å². The zero-order valence-corrected chi connectivity index (χ0v) is 10.5. The average Bonchev–Trinajstić information content (AvgIpc) is 2.97. The highest BCUT2D eigenvalue weighted by atomic mass is 15.0. The van der Waals surface area contributed by atoms with Gasteiger partial charge in [0, 0.05) is 29.9 Å². The standard InChI is InChI=1S/C15H19N3/c1-2-13-9-10(8-12(1)18-13)7-11-3-5-16-15-14(11)4-6-17-15/h3-6,10,12-13,18H,1-2,7-9H2,(H,16,17)/t10?,12-,13+. The molecular formula is C15H19N3. The summed E-state index contributed by atoms with van der Waals surface area (Å²) in [5.41, 5.74) is 2.50. The van der Waals surface area contributed by atoms with E-state index in [0.29, 0.717) is 0 Å². The first-order valence-electron chi connectivity index (χ1n) is 7.05. The van der Waals surface area contributed by atoms with E-state index in [1.54, 1.807) is 0 Å². The van der Waals surface area contributed by atoms with Crippen molar-refractivity contribution in [3.63, 3.8) is 0 Å². The summed E-state index contributed by atoms with van der Waals surface area (Å²) >= 11 is 0. The van der Waals surface area contributed by atoms with E-state index in [1.165, 1.54) is 43.1 Å². The molecule has 2 bridgehead atoms. The van der Waals surface area contributed by atoms with Crippen molar-refractivity contribution in [3.8, 4) is 0 Å².